The third-order valence-electron chi connectivity index (χ3n) is 2.73. The van der Waals surface area contributed by atoms with E-state index < -0.39 is 0 Å². The van der Waals surface area contributed by atoms with E-state index in [1.807, 2.05) is 38.4 Å². The van der Waals surface area contributed by atoms with E-state index in [-0.39, 0.29) is 0 Å². The minimum Gasteiger partial charge on any atom is -0.378 e. The monoisotopic (exact) mass is 241 g/mol. The number of benzene rings is 1. The van der Waals surface area contributed by atoms with Crippen LogP contribution >= 0.6 is 0 Å². The van der Waals surface area contributed by atoms with Gasteiger partial charge in [0.2, 0.25) is 6.20 Å². The number of anilines is 1. The summed E-state index contributed by atoms with van der Waals surface area (Å²) in [5.74, 6) is 0. The number of pyridine rings is 1. The molecule has 0 saturated carbocycles. The van der Waals surface area contributed by atoms with Crippen molar-refractivity contribution in [2.75, 3.05) is 19.0 Å². The van der Waals surface area contributed by atoms with Crippen molar-refractivity contribution < 1.29 is 9.94 Å². The van der Waals surface area contributed by atoms with Crippen LogP contribution in [0.3, 0.4) is 0 Å². The van der Waals surface area contributed by atoms with E-state index >= 15 is 0 Å². The van der Waals surface area contributed by atoms with Crippen LogP contribution in [0.4, 0.5) is 5.69 Å². The summed E-state index contributed by atoms with van der Waals surface area (Å²) in [5.41, 5.74) is 3.02. The fraction of sp³-hybridized carbons (Fsp3) is 0.133. The van der Waals surface area contributed by atoms with Gasteiger partial charge in [0, 0.05) is 42.7 Å². The zero-order chi connectivity index (χ0) is 13.0. The fourth-order valence-electron chi connectivity index (χ4n) is 1.64. The van der Waals surface area contributed by atoms with Crippen LogP contribution < -0.4 is 9.63 Å². The fourth-order valence-corrected chi connectivity index (χ4v) is 1.64. The van der Waals surface area contributed by atoms with Crippen molar-refractivity contribution in [1.29, 1.82) is 0 Å². The number of nitrogens with zero attached hydrogens (tertiary/aromatic N) is 2. The number of hydrogen-bond donors (Lipinski definition) is 1. The second-order valence-corrected chi connectivity index (χ2v) is 4.29. The van der Waals surface area contributed by atoms with Gasteiger partial charge >= 0.3 is 0 Å². The van der Waals surface area contributed by atoms with Gasteiger partial charge < -0.3 is 4.90 Å². The highest BCUT2D eigenvalue weighted by Crippen LogP contribution is 2.13. The first-order valence-electron chi connectivity index (χ1n) is 5.82. The molecule has 3 nitrogen and oxygen atoms in total. The Kier molecular flexibility index (Phi) is 3.63. The van der Waals surface area contributed by atoms with Crippen LogP contribution in [0.1, 0.15) is 11.3 Å². The first-order valence-corrected chi connectivity index (χ1v) is 5.82. The van der Waals surface area contributed by atoms with Crippen LogP contribution in [-0.2, 0) is 0 Å². The third-order valence-corrected chi connectivity index (χ3v) is 2.73. The molecule has 1 heterocycles. The topological polar surface area (TPSA) is 27.4 Å². The maximum absolute atomic E-state index is 9.56. The molecule has 0 fully saturated rings. The predicted octanol–water partition coefficient (Wildman–Crippen LogP) is 2.45. The SMILES string of the molecule is CN(C)c1ccc(/C=C\c2cccc[n+]2O)cc1. The Morgan fingerprint density at radius 2 is 1.72 bits per heavy atom. The van der Waals surface area contributed by atoms with Gasteiger partial charge in [-0.3, -0.25) is 5.21 Å². The summed E-state index contributed by atoms with van der Waals surface area (Å²) >= 11 is 0. The maximum atomic E-state index is 9.56. The highest BCUT2D eigenvalue weighted by Gasteiger charge is 2.02. The zero-order valence-electron chi connectivity index (χ0n) is 10.6. The molecule has 92 valence electrons. The van der Waals surface area contributed by atoms with Crippen molar-refractivity contribution in [3.63, 3.8) is 0 Å². The molecule has 0 aliphatic rings. The Labute approximate surface area is 107 Å². The van der Waals surface area contributed by atoms with Crippen LogP contribution in [0, 0.1) is 0 Å². The van der Waals surface area contributed by atoms with Gasteiger partial charge in [0.25, 0.3) is 5.69 Å². The van der Waals surface area contributed by atoms with E-state index in [1.165, 1.54) is 5.69 Å². The molecule has 0 aliphatic carbocycles. The summed E-state index contributed by atoms with van der Waals surface area (Å²) in [4.78, 5) is 2.06. The van der Waals surface area contributed by atoms with Crippen LogP contribution in [0.15, 0.2) is 48.7 Å². The standard InChI is InChI=1S/C15H17N2O/c1-16(2)14-9-6-13(7-10-14)8-11-15-5-3-4-12-17(15)18/h3-12,18H,1-2H3/q+1. The largest absolute Gasteiger partial charge is 0.378 e. The van der Waals surface area contributed by atoms with Gasteiger partial charge in [0.15, 0.2) is 0 Å². The van der Waals surface area contributed by atoms with Crippen molar-refractivity contribution in [3.8, 4) is 0 Å². The second kappa shape index (κ2) is 5.36. The third kappa shape index (κ3) is 2.88. The molecule has 1 N–H and O–H groups in total. The molecule has 3 heteroatoms. The first kappa shape index (κ1) is 12.2. The number of hydrogen-bond acceptors (Lipinski definition) is 2. The van der Waals surface area contributed by atoms with Crippen LogP contribution in [0.2, 0.25) is 0 Å². The Morgan fingerprint density at radius 1 is 1.00 bits per heavy atom. The van der Waals surface area contributed by atoms with Crippen LogP contribution in [0.5, 0.6) is 0 Å². The van der Waals surface area contributed by atoms with E-state index in [0.29, 0.717) is 0 Å². The van der Waals surface area contributed by atoms with Crippen molar-refractivity contribution in [2.24, 2.45) is 0 Å². The van der Waals surface area contributed by atoms with E-state index in [0.717, 1.165) is 16.0 Å². The molecule has 1 aromatic heterocycles. The second-order valence-electron chi connectivity index (χ2n) is 4.29. The lowest BCUT2D eigenvalue weighted by atomic mass is 10.1. The average molecular weight is 241 g/mol. The van der Waals surface area contributed by atoms with Crippen molar-refractivity contribution in [3.05, 3.63) is 59.9 Å². The molecule has 0 amide bonds. The summed E-state index contributed by atoms with van der Waals surface area (Å²) in [6.45, 7) is 0. The first-order chi connectivity index (χ1) is 8.66. The predicted molar refractivity (Wildman–Crippen MR) is 73.5 cm³/mol. The van der Waals surface area contributed by atoms with E-state index in [1.54, 1.807) is 12.3 Å². The van der Waals surface area contributed by atoms with Crippen molar-refractivity contribution in [1.82, 2.24) is 0 Å². The zero-order valence-corrected chi connectivity index (χ0v) is 10.6. The van der Waals surface area contributed by atoms with Crippen molar-refractivity contribution >= 4 is 17.8 Å². The lowest BCUT2D eigenvalue weighted by Gasteiger charge is -2.11. The molecule has 0 radical (unpaired) electrons. The Bertz CT molecular complexity index is 545. The summed E-state index contributed by atoms with van der Waals surface area (Å²) in [6, 6.07) is 13.8. The minimum atomic E-state index is 0.745. The highest BCUT2D eigenvalue weighted by molar-refractivity contribution is 5.68. The molecule has 2 rings (SSSR count). The van der Waals surface area contributed by atoms with Crippen LogP contribution in [0.25, 0.3) is 12.2 Å². The molecule has 0 aliphatic heterocycles. The van der Waals surface area contributed by atoms with Gasteiger partial charge in [-0.05, 0) is 29.8 Å². The van der Waals surface area contributed by atoms with Gasteiger partial charge in [-0.1, -0.05) is 12.1 Å². The number of aromatic nitrogens is 1. The summed E-state index contributed by atoms with van der Waals surface area (Å²) in [5, 5.41) is 9.56. The summed E-state index contributed by atoms with van der Waals surface area (Å²) < 4.78 is 1.10. The van der Waals surface area contributed by atoms with E-state index in [9.17, 15) is 5.21 Å². The van der Waals surface area contributed by atoms with Gasteiger partial charge in [0.05, 0.1) is 0 Å². The molecule has 18 heavy (non-hydrogen) atoms. The molecule has 0 spiro atoms. The summed E-state index contributed by atoms with van der Waals surface area (Å²) in [6.07, 6.45) is 5.46. The van der Waals surface area contributed by atoms with Gasteiger partial charge in [-0.2, -0.15) is 0 Å². The Morgan fingerprint density at radius 3 is 2.33 bits per heavy atom. The molecule has 0 atom stereocenters. The molecule has 0 saturated heterocycles. The summed E-state index contributed by atoms with van der Waals surface area (Å²) in [7, 11) is 4.03. The van der Waals surface area contributed by atoms with Crippen molar-refractivity contribution in [2.45, 2.75) is 0 Å². The highest BCUT2D eigenvalue weighted by atomic mass is 16.5. The average Bonchev–Trinajstić information content (AvgIpc) is 2.38. The molecule has 2 aromatic rings. The lowest BCUT2D eigenvalue weighted by molar-refractivity contribution is -0.905. The van der Waals surface area contributed by atoms with E-state index in [2.05, 4.69) is 29.2 Å². The Hall–Kier alpha value is -2.29. The molecule has 0 bridgehead atoms. The molecule has 0 unspecified atom stereocenters. The smallest absolute Gasteiger partial charge is 0.257 e. The maximum Gasteiger partial charge on any atom is 0.257 e. The van der Waals surface area contributed by atoms with Gasteiger partial charge in [-0.15, -0.1) is 0 Å². The van der Waals surface area contributed by atoms with E-state index in [4.69, 9.17) is 0 Å². The molecule has 1 aromatic carbocycles. The van der Waals surface area contributed by atoms with Crippen LogP contribution in [-0.4, -0.2) is 19.3 Å². The van der Waals surface area contributed by atoms with Gasteiger partial charge in [-0.25, -0.2) is 0 Å². The molecular weight excluding hydrogens is 224 g/mol. The number of rotatable bonds is 3. The normalized spacial score (nSPS) is 10.8. The Balaban J connectivity index is 2.17. The molecular formula is C15H17N2O+. The minimum absolute atomic E-state index is 0.745. The quantitative estimate of drug-likeness (QED) is 0.660. The lowest BCUT2D eigenvalue weighted by Crippen LogP contribution is -2.32. The van der Waals surface area contributed by atoms with Gasteiger partial charge in [0.1, 0.15) is 0 Å².